The smallest absolute Gasteiger partial charge is 0.226 e. The topological polar surface area (TPSA) is 8.24 Å². The van der Waals surface area contributed by atoms with Crippen LogP contribution in [0.15, 0.2) is 42.6 Å². The van der Waals surface area contributed by atoms with E-state index < -0.39 is 0 Å². The lowest BCUT2D eigenvalue weighted by atomic mass is 9.80. The summed E-state index contributed by atoms with van der Waals surface area (Å²) in [5.41, 5.74) is 6.25. The minimum atomic E-state index is 0.0432. The van der Waals surface area contributed by atoms with Crippen LogP contribution in [0, 0.1) is 20.4 Å². The third-order valence-corrected chi connectivity index (χ3v) is 6.89. The molecule has 3 heteroatoms. The van der Waals surface area contributed by atoms with Crippen LogP contribution in [-0.4, -0.2) is 0 Å². The van der Waals surface area contributed by atoms with Crippen LogP contribution in [0.1, 0.15) is 37.5 Å². The van der Waals surface area contributed by atoms with E-state index in [1.807, 2.05) is 0 Å². The predicted molar refractivity (Wildman–Crippen MR) is 120 cm³/mol. The summed E-state index contributed by atoms with van der Waals surface area (Å²) in [5.74, 6) is 0. The molecule has 0 N–H and O–H groups in total. The molecule has 0 atom stereocenters. The predicted octanol–water partition coefficient (Wildman–Crippen LogP) is 7.01. The van der Waals surface area contributed by atoms with E-state index in [9.17, 15) is 0 Å². The zero-order valence-electron chi connectivity index (χ0n) is 17.3. The summed E-state index contributed by atoms with van der Waals surface area (Å²) in [4.78, 5) is 3.76. The largest absolute Gasteiger partial charge is 0.245 e. The Morgan fingerprint density at radius 2 is 1.64 bits per heavy atom. The molecule has 0 unspecified atom stereocenters. The van der Waals surface area contributed by atoms with Crippen LogP contribution in [0.3, 0.4) is 0 Å². The Morgan fingerprint density at radius 3 is 2.29 bits per heavy atom. The Morgan fingerprint density at radius 1 is 0.964 bits per heavy atom. The number of pyridine rings is 1. The van der Waals surface area contributed by atoms with Crippen molar-refractivity contribution in [2.45, 2.75) is 40.0 Å². The molecule has 0 aliphatic heterocycles. The third kappa shape index (κ3) is 2.72. The molecule has 0 bridgehead atoms. The van der Waals surface area contributed by atoms with Crippen LogP contribution in [-0.2, 0) is 12.5 Å². The van der Waals surface area contributed by atoms with Gasteiger partial charge in [-0.3, -0.25) is 0 Å². The third-order valence-electron chi connectivity index (χ3n) is 5.68. The summed E-state index contributed by atoms with van der Waals surface area (Å²) in [6, 6.07) is 13.2. The van der Waals surface area contributed by atoms with Crippen LogP contribution < -0.4 is 4.57 Å². The zero-order chi connectivity index (χ0) is 20.2. The molecule has 0 saturated carbocycles. The van der Waals surface area contributed by atoms with Crippen molar-refractivity contribution < 1.29 is 4.57 Å². The lowest BCUT2D eigenvalue weighted by Gasteiger charge is -2.24. The van der Waals surface area contributed by atoms with Crippen LogP contribution >= 0.6 is 11.3 Å². The Bertz CT molecular complexity index is 1280. The average Bonchev–Trinajstić information content (AvgIpc) is 2.98. The van der Waals surface area contributed by atoms with Gasteiger partial charge in [-0.15, -0.1) is 11.3 Å². The van der Waals surface area contributed by atoms with Crippen molar-refractivity contribution >= 4 is 37.2 Å². The number of nitrogens with zero attached hydrogens (tertiary/aromatic N) is 2. The van der Waals surface area contributed by atoms with Crippen LogP contribution in [0.5, 0.6) is 0 Å². The van der Waals surface area contributed by atoms with Crippen LogP contribution in [0.2, 0.25) is 0 Å². The molecule has 0 aliphatic carbocycles. The van der Waals surface area contributed by atoms with E-state index in [4.69, 9.17) is 6.57 Å². The first-order chi connectivity index (χ1) is 13.2. The minimum absolute atomic E-state index is 0.0432. The molecule has 28 heavy (non-hydrogen) atoms. The van der Waals surface area contributed by atoms with Gasteiger partial charge in [-0.2, -0.15) is 4.57 Å². The molecule has 4 aromatic rings. The Hall–Kier alpha value is -2.70. The number of hydrogen-bond acceptors (Lipinski definition) is 1. The molecule has 0 aliphatic rings. The number of benzene rings is 2. The SMILES string of the molecule is [C-]#[N+]c1sc2c(-c3cc(C(C)(C)C)c4ccccc4c3C)[n+](C)ccc2c1C. The second-order valence-electron chi connectivity index (χ2n) is 8.55. The Balaban J connectivity index is 2.18. The van der Waals surface area contributed by atoms with Crippen molar-refractivity contribution in [3.05, 3.63) is 70.7 Å². The molecule has 0 radical (unpaired) electrons. The molecule has 0 spiro atoms. The van der Waals surface area contributed by atoms with E-state index in [2.05, 4.69) is 93.7 Å². The number of fused-ring (bicyclic) bond motifs is 2. The van der Waals surface area contributed by atoms with Crippen molar-refractivity contribution in [2.24, 2.45) is 7.05 Å². The van der Waals surface area contributed by atoms with Gasteiger partial charge in [-0.25, -0.2) is 4.85 Å². The second-order valence-corrected chi connectivity index (χ2v) is 9.55. The maximum atomic E-state index is 7.54. The number of aromatic nitrogens is 1. The van der Waals surface area contributed by atoms with Gasteiger partial charge in [0, 0.05) is 6.07 Å². The van der Waals surface area contributed by atoms with Gasteiger partial charge in [0.2, 0.25) is 10.7 Å². The summed E-state index contributed by atoms with van der Waals surface area (Å²) < 4.78 is 3.40. The van der Waals surface area contributed by atoms with Gasteiger partial charge < -0.3 is 0 Å². The van der Waals surface area contributed by atoms with Crippen molar-refractivity contribution in [2.75, 3.05) is 0 Å². The van der Waals surface area contributed by atoms with Gasteiger partial charge >= 0.3 is 0 Å². The summed E-state index contributed by atoms with van der Waals surface area (Å²) in [7, 11) is 2.10. The highest BCUT2D eigenvalue weighted by Gasteiger charge is 2.26. The molecular formula is C25H25N2S+. The molecule has 2 aromatic heterocycles. The minimum Gasteiger partial charge on any atom is -0.226 e. The second kappa shape index (κ2) is 6.43. The van der Waals surface area contributed by atoms with E-state index in [1.165, 1.54) is 43.2 Å². The number of hydrogen-bond donors (Lipinski definition) is 0. The van der Waals surface area contributed by atoms with E-state index in [0.717, 1.165) is 10.6 Å². The van der Waals surface area contributed by atoms with E-state index in [1.54, 1.807) is 11.3 Å². The maximum Gasteiger partial charge on any atom is 0.245 e. The lowest BCUT2D eigenvalue weighted by Crippen LogP contribution is -2.30. The van der Waals surface area contributed by atoms with E-state index in [-0.39, 0.29) is 5.41 Å². The molecule has 0 fully saturated rings. The van der Waals surface area contributed by atoms with E-state index >= 15 is 0 Å². The number of thiophene rings is 1. The monoisotopic (exact) mass is 385 g/mol. The van der Waals surface area contributed by atoms with Gasteiger partial charge in [-0.1, -0.05) is 45.0 Å². The molecule has 0 amide bonds. The van der Waals surface area contributed by atoms with E-state index in [0.29, 0.717) is 0 Å². The van der Waals surface area contributed by atoms with Crippen LogP contribution in [0.25, 0.3) is 37.0 Å². The zero-order valence-corrected chi connectivity index (χ0v) is 18.2. The Labute approximate surface area is 170 Å². The fourth-order valence-electron chi connectivity index (χ4n) is 4.12. The summed E-state index contributed by atoms with van der Waals surface area (Å²) >= 11 is 1.61. The first-order valence-corrected chi connectivity index (χ1v) is 10.4. The summed E-state index contributed by atoms with van der Waals surface area (Å²) in [6.07, 6.45) is 2.12. The molecule has 140 valence electrons. The van der Waals surface area contributed by atoms with Gasteiger partial charge in [-0.05, 0) is 58.2 Å². The normalized spacial score (nSPS) is 11.9. The highest BCUT2D eigenvalue weighted by atomic mass is 32.1. The fourth-order valence-corrected chi connectivity index (χ4v) is 5.30. The summed E-state index contributed by atoms with van der Waals surface area (Å²) in [6.45, 7) is 18.7. The number of aryl methyl sites for hydroxylation is 3. The van der Waals surface area contributed by atoms with Crippen molar-refractivity contribution in [1.82, 2.24) is 0 Å². The first-order valence-electron chi connectivity index (χ1n) is 9.56. The van der Waals surface area contributed by atoms with Crippen molar-refractivity contribution in [1.29, 1.82) is 0 Å². The average molecular weight is 386 g/mol. The van der Waals surface area contributed by atoms with Gasteiger partial charge in [0.05, 0.1) is 16.8 Å². The first kappa shape index (κ1) is 18.7. The van der Waals surface area contributed by atoms with Gasteiger partial charge in [0.25, 0.3) is 0 Å². The highest BCUT2D eigenvalue weighted by Crippen LogP contribution is 2.43. The Kier molecular flexibility index (Phi) is 4.28. The van der Waals surface area contributed by atoms with Crippen molar-refractivity contribution in [3.8, 4) is 11.3 Å². The molecule has 2 nitrogen and oxygen atoms in total. The van der Waals surface area contributed by atoms with Crippen molar-refractivity contribution in [3.63, 3.8) is 0 Å². The fraction of sp³-hybridized carbons (Fsp3) is 0.280. The molecule has 4 rings (SSSR count). The van der Waals surface area contributed by atoms with Gasteiger partial charge in [0.15, 0.2) is 6.20 Å². The molecule has 0 saturated heterocycles. The molecule has 2 heterocycles. The standard InChI is InChI=1S/C25H25N2S/c1-15-17-10-8-9-11-19(17)21(25(3,4)5)14-20(15)22-23-18(12-13-27(22)7)16(2)24(26-6)28-23/h8-14H,1-5,7H3/q+1. The molecular weight excluding hydrogens is 360 g/mol. The quantitative estimate of drug-likeness (QED) is 0.246. The highest BCUT2D eigenvalue weighted by molar-refractivity contribution is 7.23. The lowest BCUT2D eigenvalue weighted by molar-refractivity contribution is -0.659. The maximum absolute atomic E-state index is 7.54. The van der Waals surface area contributed by atoms with Crippen LogP contribution in [0.4, 0.5) is 5.00 Å². The molecule has 2 aromatic carbocycles. The number of rotatable bonds is 1. The van der Waals surface area contributed by atoms with Gasteiger partial charge in [0.1, 0.15) is 7.05 Å². The summed E-state index contributed by atoms with van der Waals surface area (Å²) in [5, 5.41) is 4.61.